The number of carbonyl (C=O) groups excluding carboxylic acids is 1. The number of benzene rings is 1. The first kappa shape index (κ1) is 10.9. The smallest absolute Gasteiger partial charge is 0.328 e. The van der Waals surface area contributed by atoms with E-state index in [1.54, 1.807) is 18.2 Å². The quantitative estimate of drug-likeness (QED) is 0.600. The molecule has 0 aliphatic rings. The molecule has 0 fully saturated rings. The van der Waals surface area contributed by atoms with Crippen LogP contribution in [0.5, 0.6) is 0 Å². The van der Waals surface area contributed by atoms with Gasteiger partial charge in [-0.2, -0.15) is 0 Å². The summed E-state index contributed by atoms with van der Waals surface area (Å²) in [5, 5.41) is 8.48. The molecule has 0 unspecified atom stereocenters. The fourth-order valence-corrected chi connectivity index (χ4v) is 1.12. The van der Waals surface area contributed by atoms with Crippen LogP contribution >= 0.6 is 0 Å². The second-order valence-corrected chi connectivity index (χ2v) is 2.80. The van der Waals surface area contributed by atoms with E-state index < -0.39 is 5.97 Å². The van der Waals surface area contributed by atoms with Crippen molar-refractivity contribution in [2.45, 2.75) is 0 Å². The van der Waals surface area contributed by atoms with E-state index in [9.17, 15) is 9.59 Å². The Hall–Kier alpha value is -2.16. The predicted octanol–water partition coefficient (Wildman–Crippen LogP) is 2.00. The van der Waals surface area contributed by atoms with Crippen LogP contribution in [0.1, 0.15) is 11.1 Å². The van der Waals surface area contributed by atoms with Crippen molar-refractivity contribution in [3.05, 3.63) is 47.5 Å². The van der Waals surface area contributed by atoms with Crippen LogP contribution in [0.25, 0.3) is 12.2 Å². The van der Waals surface area contributed by atoms with Crippen LogP contribution in [0.4, 0.5) is 0 Å². The normalized spacial score (nSPS) is 10.9. The van der Waals surface area contributed by atoms with Crippen LogP contribution in [-0.4, -0.2) is 17.4 Å². The van der Waals surface area contributed by atoms with Crippen molar-refractivity contribution in [2.75, 3.05) is 0 Å². The molecule has 0 radical (unpaired) electrons. The molecule has 1 aromatic rings. The lowest BCUT2D eigenvalue weighted by molar-refractivity contribution is -0.131. The fourth-order valence-electron chi connectivity index (χ4n) is 1.12. The Kier molecular flexibility index (Phi) is 4.04. The predicted molar refractivity (Wildman–Crippen MR) is 58.2 cm³/mol. The summed E-state index contributed by atoms with van der Waals surface area (Å²) in [6, 6.07) is 7.22. The van der Waals surface area contributed by atoms with Crippen LogP contribution in [0.3, 0.4) is 0 Å². The first-order chi connectivity index (χ1) is 7.24. The summed E-state index contributed by atoms with van der Waals surface area (Å²) in [5.74, 6) is -0.996. The van der Waals surface area contributed by atoms with E-state index in [2.05, 4.69) is 0 Å². The summed E-state index contributed by atoms with van der Waals surface area (Å²) in [6.07, 6.45) is 6.24. The van der Waals surface area contributed by atoms with E-state index in [1.165, 1.54) is 12.2 Å². The Bertz CT molecular complexity index is 417. The van der Waals surface area contributed by atoms with Crippen LogP contribution < -0.4 is 0 Å². The molecule has 0 spiro atoms. The number of aliphatic carboxylic acids is 1. The molecule has 0 aromatic heterocycles. The molecule has 0 aliphatic carbocycles. The highest BCUT2D eigenvalue weighted by atomic mass is 16.4. The number of hydrogen-bond donors (Lipinski definition) is 1. The molecule has 76 valence electrons. The molecule has 1 N–H and O–H groups in total. The summed E-state index contributed by atoms with van der Waals surface area (Å²) in [4.78, 5) is 20.5. The van der Waals surface area contributed by atoms with Crippen LogP contribution in [-0.2, 0) is 9.59 Å². The minimum absolute atomic E-state index is 0.678. The van der Waals surface area contributed by atoms with Crippen molar-refractivity contribution in [3.63, 3.8) is 0 Å². The zero-order valence-corrected chi connectivity index (χ0v) is 7.96. The maximum atomic E-state index is 10.3. The number of hydrogen-bond acceptors (Lipinski definition) is 2. The van der Waals surface area contributed by atoms with E-state index in [4.69, 9.17) is 5.11 Å². The molecule has 0 amide bonds. The van der Waals surface area contributed by atoms with Gasteiger partial charge in [0.2, 0.25) is 0 Å². The van der Waals surface area contributed by atoms with Crippen molar-refractivity contribution >= 4 is 24.4 Å². The fraction of sp³-hybridized carbons (Fsp3) is 0. The van der Waals surface area contributed by atoms with Crippen molar-refractivity contribution < 1.29 is 14.7 Å². The summed E-state index contributed by atoms with van der Waals surface area (Å²) >= 11 is 0. The van der Waals surface area contributed by atoms with E-state index in [0.29, 0.717) is 6.29 Å². The van der Waals surface area contributed by atoms with Gasteiger partial charge in [-0.1, -0.05) is 30.3 Å². The highest BCUT2D eigenvalue weighted by molar-refractivity contribution is 5.86. The average Bonchev–Trinajstić information content (AvgIpc) is 2.24. The van der Waals surface area contributed by atoms with E-state index >= 15 is 0 Å². The Morgan fingerprint density at radius 1 is 1.13 bits per heavy atom. The molecule has 0 aliphatic heterocycles. The molecule has 0 atom stereocenters. The second kappa shape index (κ2) is 5.54. The molecule has 1 aromatic carbocycles. The van der Waals surface area contributed by atoms with Gasteiger partial charge in [-0.3, -0.25) is 4.79 Å². The lowest BCUT2D eigenvalue weighted by Gasteiger charge is -1.98. The SMILES string of the molecule is O=C/C=C/c1ccccc1/C=C/C(=O)O. The molecule has 0 saturated carbocycles. The third-order valence-corrected chi connectivity index (χ3v) is 1.76. The molecule has 1 rings (SSSR count). The zero-order valence-electron chi connectivity index (χ0n) is 7.96. The highest BCUT2D eigenvalue weighted by Crippen LogP contribution is 2.12. The van der Waals surface area contributed by atoms with Crippen LogP contribution in [0.15, 0.2) is 36.4 Å². The van der Waals surface area contributed by atoms with Gasteiger partial charge in [0.25, 0.3) is 0 Å². The molecule has 3 nitrogen and oxygen atoms in total. The Labute approximate surface area is 87.4 Å². The van der Waals surface area contributed by atoms with E-state index in [-0.39, 0.29) is 0 Å². The van der Waals surface area contributed by atoms with Gasteiger partial charge in [0, 0.05) is 6.08 Å². The third kappa shape index (κ3) is 3.60. The zero-order chi connectivity index (χ0) is 11.1. The van der Waals surface area contributed by atoms with Gasteiger partial charge in [-0.15, -0.1) is 0 Å². The van der Waals surface area contributed by atoms with Gasteiger partial charge in [-0.25, -0.2) is 4.79 Å². The van der Waals surface area contributed by atoms with Crippen LogP contribution in [0.2, 0.25) is 0 Å². The lowest BCUT2D eigenvalue weighted by Crippen LogP contribution is -1.87. The molecular formula is C12H10O3. The van der Waals surface area contributed by atoms with Gasteiger partial charge >= 0.3 is 5.97 Å². The average molecular weight is 202 g/mol. The van der Waals surface area contributed by atoms with Gasteiger partial charge in [0.1, 0.15) is 6.29 Å². The Morgan fingerprint density at radius 3 is 2.27 bits per heavy atom. The molecule has 0 saturated heterocycles. The standard InChI is InChI=1S/C12H10O3/c13-9-3-6-10-4-1-2-5-11(10)7-8-12(14)15/h1-9H,(H,14,15)/b6-3+,8-7+. The van der Waals surface area contributed by atoms with Gasteiger partial charge in [0.15, 0.2) is 0 Å². The number of rotatable bonds is 4. The summed E-state index contributed by atoms with van der Waals surface area (Å²) in [5.41, 5.74) is 1.57. The molecule has 0 heterocycles. The third-order valence-electron chi connectivity index (χ3n) is 1.76. The largest absolute Gasteiger partial charge is 0.478 e. The van der Waals surface area contributed by atoms with Crippen molar-refractivity contribution in [1.82, 2.24) is 0 Å². The Morgan fingerprint density at radius 2 is 1.73 bits per heavy atom. The van der Waals surface area contributed by atoms with Crippen molar-refractivity contribution in [2.24, 2.45) is 0 Å². The number of carbonyl (C=O) groups is 2. The summed E-state index contributed by atoms with van der Waals surface area (Å²) < 4.78 is 0. The van der Waals surface area contributed by atoms with Gasteiger partial charge < -0.3 is 5.11 Å². The molecule has 0 bridgehead atoms. The Balaban J connectivity index is 3.00. The van der Waals surface area contributed by atoms with Crippen molar-refractivity contribution in [3.8, 4) is 0 Å². The minimum Gasteiger partial charge on any atom is -0.478 e. The maximum absolute atomic E-state index is 10.3. The number of carboxylic acids is 1. The summed E-state index contributed by atoms with van der Waals surface area (Å²) in [7, 11) is 0. The lowest BCUT2D eigenvalue weighted by atomic mass is 10.1. The minimum atomic E-state index is -0.996. The molecular weight excluding hydrogens is 192 g/mol. The van der Waals surface area contributed by atoms with Crippen LogP contribution in [0, 0.1) is 0 Å². The molecule has 3 heteroatoms. The van der Waals surface area contributed by atoms with Crippen molar-refractivity contribution in [1.29, 1.82) is 0 Å². The first-order valence-corrected chi connectivity index (χ1v) is 4.36. The van der Waals surface area contributed by atoms with E-state index in [0.717, 1.165) is 17.2 Å². The monoisotopic (exact) mass is 202 g/mol. The second-order valence-electron chi connectivity index (χ2n) is 2.80. The van der Waals surface area contributed by atoms with Gasteiger partial charge in [-0.05, 0) is 23.3 Å². The topological polar surface area (TPSA) is 54.4 Å². The first-order valence-electron chi connectivity index (χ1n) is 4.36. The highest BCUT2D eigenvalue weighted by Gasteiger charge is 1.94. The number of aldehydes is 1. The maximum Gasteiger partial charge on any atom is 0.328 e. The van der Waals surface area contributed by atoms with E-state index in [1.807, 2.05) is 12.1 Å². The number of carboxylic acid groups (broad SMARTS) is 1. The summed E-state index contributed by atoms with van der Waals surface area (Å²) in [6.45, 7) is 0. The van der Waals surface area contributed by atoms with Gasteiger partial charge in [0.05, 0.1) is 0 Å². The number of allylic oxidation sites excluding steroid dienone is 1. The molecule has 15 heavy (non-hydrogen) atoms.